The molecule has 0 aromatic heterocycles. The Morgan fingerprint density at radius 3 is 2.50 bits per heavy atom. The lowest BCUT2D eigenvalue weighted by atomic mass is 9.86. The zero-order valence-corrected chi connectivity index (χ0v) is 9.46. The molecule has 0 heterocycles. The smallest absolute Gasteiger partial charge is 0.328 e. The molecule has 0 spiro atoms. The van der Waals surface area contributed by atoms with Gasteiger partial charge >= 0.3 is 5.97 Å². The molecule has 0 aliphatic carbocycles. The molecule has 2 N–H and O–H groups in total. The van der Waals surface area contributed by atoms with Gasteiger partial charge in [0.05, 0.1) is 0 Å². The second-order valence-corrected chi connectivity index (χ2v) is 3.57. The second kappa shape index (κ2) is 5.07. The van der Waals surface area contributed by atoms with Crippen LogP contribution in [0, 0.1) is 5.82 Å². The van der Waals surface area contributed by atoms with Crippen LogP contribution >= 0.6 is 0 Å². The summed E-state index contributed by atoms with van der Waals surface area (Å²) < 4.78 is 13.7. The van der Waals surface area contributed by atoms with Crippen molar-refractivity contribution in [3.05, 3.63) is 35.6 Å². The van der Waals surface area contributed by atoms with Gasteiger partial charge in [-0.3, -0.25) is 5.32 Å². The van der Waals surface area contributed by atoms with Crippen molar-refractivity contribution < 1.29 is 14.3 Å². The van der Waals surface area contributed by atoms with Crippen LogP contribution in [0.4, 0.5) is 4.39 Å². The average Bonchev–Trinajstić information content (AvgIpc) is 2.26. The number of carboxylic acid groups (broad SMARTS) is 1. The summed E-state index contributed by atoms with van der Waals surface area (Å²) in [7, 11) is 0. The van der Waals surface area contributed by atoms with Crippen LogP contribution in [-0.4, -0.2) is 17.6 Å². The van der Waals surface area contributed by atoms with Gasteiger partial charge in [-0.15, -0.1) is 0 Å². The van der Waals surface area contributed by atoms with Gasteiger partial charge in [0.25, 0.3) is 0 Å². The molecule has 1 unspecified atom stereocenters. The molecule has 16 heavy (non-hydrogen) atoms. The van der Waals surface area contributed by atoms with Crippen LogP contribution in [0.1, 0.15) is 25.8 Å². The molecule has 0 amide bonds. The molecule has 1 rings (SSSR count). The van der Waals surface area contributed by atoms with Gasteiger partial charge < -0.3 is 5.11 Å². The first kappa shape index (κ1) is 12.6. The molecule has 0 aliphatic rings. The van der Waals surface area contributed by atoms with Gasteiger partial charge in [0.15, 0.2) is 0 Å². The Labute approximate surface area is 94.3 Å². The summed E-state index contributed by atoms with van der Waals surface area (Å²) in [4.78, 5) is 11.4. The number of likely N-dealkylation sites (N-methyl/N-ethyl adjacent to an activating group) is 1. The lowest BCUT2D eigenvalue weighted by molar-refractivity contribution is -0.145. The van der Waals surface area contributed by atoms with Gasteiger partial charge in [0.1, 0.15) is 11.4 Å². The Kier molecular flexibility index (Phi) is 4.01. The maximum Gasteiger partial charge on any atom is 0.328 e. The number of aliphatic carboxylic acids is 1. The third-order valence-corrected chi connectivity index (χ3v) is 2.71. The standard InChI is InChI=1S/C12H16FNO2/c1-3-12(11(15)16,14-4-2)9-7-5-6-8-10(9)13/h5-8,14H,3-4H2,1-2H3,(H,15,16). The number of carboxylic acids is 1. The third-order valence-electron chi connectivity index (χ3n) is 2.71. The fraction of sp³-hybridized carbons (Fsp3) is 0.417. The first-order valence-corrected chi connectivity index (χ1v) is 5.32. The molecule has 0 saturated carbocycles. The normalized spacial score (nSPS) is 14.4. The van der Waals surface area contributed by atoms with Crippen molar-refractivity contribution in [3.63, 3.8) is 0 Å². The van der Waals surface area contributed by atoms with Gasteiger partial charge in [-0.25, -0.2) is 9.18 Å². The van der Waals surface area contributed by atoms with Crippen molar-refractivity contribution >= 4 is 5.97 Å². The van der Waals surface area contributed by atoms with Gasteiger partial charge in [0.2, 0.25) is 0 Å². The Morgan fingerprint density at radius 1 is 1.44 bits per heavy atom. The van der Waals surface area contributed by atoms with Gasteiger partial charge in [-0.05, 0) is 19.0 Å². The molecule has 0 fully saturated rings. The lowest BCUT2D eigenvalue weighted by Gasteiger charge is -2.29. The summed E-state index contributed by atoms with van der Waals surface area (Å²) in [5.41, 5.74) is -1.15. The Hall–Kier alpha value is -1.42. The summed E-state index contributed by atoms with van der Waals surface area (Å²) in [5, 5.41) is 12.2. The largest absolute Gasteiger partial charge is 0.480 e. The Balaban J connectivity index is 3.30. The average molecular weight is 225 g/mol. The quantitative estimate of drug-likeness (QED) is 0.807. The highest BCUT2D eigenvalue weighted by Gasteiger charge is 2.39. The lowest BCUT2D eigenvalue weighted by Crippen LogP contribution is -2.49. The van der Waals surface area contributed by atoms with E-state index >= 15 is 0 Å². The van der Waals surface area contributed by atoms with Crippen molar-refractivity contribution in [1.29, 1.82) is 0 Å². The molecular formula is C12H16FNO2. The van der Waals surface area contributed by atoms with Crippen molar-refractivity contribution in [2.24, 2.45) is 0 Å². The SMILES string of the molecule is CCNC(CC)(C(=O)O)c1ccccc1F. The van der Waals surface area contributed by atoms with E-state index in [1.165, 1.54) is 12.1 Å². The van der Waals surface area contributed by atoms with Crippen LogP contribution in [0.25, 0.3) is 0 Å². The highest BCUT2D eigenvalue weighted by atomic mass is 19.1. The summed E-state index contributed by atoms with van der Waals surface area (Å²) in [5.74, 6) is -1.55. The Bertz CT molecular complexity index is 381. The molecular weight excluding hydrogens is 209 g/mol. The zero-order valence-electron chi connectivity index (χ0n) is 9.46. The van der Waals surface area contributed by atoms with Gasteiger partial charge in [0, 0.05) is 5.56 Å². The molecule has 3 nitrogen and oxygen atoms in total. The van der Waals surface area contributed by atoms with Crippen LogP contribution < -0.4 is 5.32 Å². The van der Waals surface area contributed by atoms with Crippen molar-refractivity contribution in [3.8, 4) is 0 Å². The molecule has 1 aromatic rings. The van der Waals surface area contributed by atoms with E-state index in [-0.39, 0.29) is 12.0 Å². The number of carbonyl (C=O) groups is 1. The van der Waals surface area contributed by atoms with Crippen LogP contribution in [0.2, 0.25) is 0 Å². The van der Waals surface area contributed by atoms with Crippen molar-refractivity contribution in [2.75, 3.05) is 6.54 Å². The minimum absolute atomic E-state index is 0.187. The van der Waals surface area contributed by atoms with Crippen LogP contribution in [0.15, 0.2) is 24.3 Å². The topological polar surface area (TPSA) is 49.3 Å². The van der Waals surface area contributed by atoms with E-state index in [2.05, 4.69) is 5.32 Å². The van der Waals surface area contributed by atoms with E-state index < -0.39 is 17.3 Å². The van der Waals surface area contributed by atoms with Crippen molar-refractivity contribution in [1.82, 2.24) is 5.32 Å². The summed E-state index contributed by atoms with van der Waals surface area (Å²) in [6.45, 7) is 3.99. The highest BCUT2D eigenvalue weighted by molar-refractivity contribution is 5.80. The molecule has 88 valence electrons. The molecule has 0 saturated heterocycles. The third kappa shape index (κ3) is 2.07. The van der Waals surface area contributed by atoms with E-state index in [0.717, 1.165) is 0 Å². The molecule has 0 radical (unpaired) electrons. The molecule has 0 bridgehead atoms. The summed E-state index contributed by atoms with van der Waals surface area (Å²) >= 11 is 0. The van der Waals surface area contributed by atoms with E-state index in [9.17, 15) is 14.3 Å². The van der Waals surface area contributed by atoms with Crippen LogP contribution in [0.5, 0.6) is 0 Å². The monoisotopic (exact) mass is 225 g/mol. The van der Waals surface area contributed by atoms with Crippen LogP contribution in [-0.2, 0) is 10.3 Å². The zero-order chi connectivity index (χ0) is 12.2. The summed E-state index contributed by atoms with van der Waals surface area (Å²) in [6.07, 6.45) is 0.289. The number of nitrogens with one attached hydrogen (secondary N) is 1. The minimum Gasteiger partial charge on any atom is -0.480 e. The van der Waals surface area contributed by atoms with Gasteiger partial charge in [-0.1, -0.05) is 32.0 Å². The van der Waals surface area contributed by atoms with E-state index in [4.69, 9.17) is 0 Å². The second-order valence-electron chi connectivity index (χ2n) is 3.57. The number of hydrogen-bond acceptors (Lipinski definition) is 2. The number of benzene rings is 1. The fourth-order valence-electron chi connectivity index (χ4n) is 1.86. The Morgan fingerprint density at radius 2 is 2.06 bits per heavy atom. The molecule has 1 aromatic carbocycles. The predicted molar refractivity (Wildman–Crippen MR) is 59.7 cm³/mol. The summed E-state index contributed by atoms with van der Waals surface area (Å²) in [6, 6.07) is 5.98. The molecule has 4 heteroatoms. The van der Waals surface area contributed by atoms with E-state index in [0.29, 0.717) is 6.54 Å². The maximum atomic E-state index is 13.7. The van der Waals surface area contributed by atoms with Crippen LogP contribution in [0.3, 0.4) is 0 Å². The maximum absolute atomic E-state index is 13.7. The number of rotatable bonds is 5. The highest BCUT2D eigenvalue weighted by Crippen LogP contribution is 2.27. The predicted octanol–water partition coefficient (Wildman–Crippen LogP) is 2.13. The van der Waals surface area contributed by atoms with Crippen molar-refractivity contribution in [2.45, 2.75) is 25.8 Å². The van der Waals surface area contributed by atoms with Gasteiger partial charge in [-0.2, -0.15) is 0 Å². The minimum atomic E-state index is -1.33. The molecule has 0 aliphatic heterocycles. The molecule has 1 atom stereocenters. The van der Waals surface area contributed by atoms with E-state index in [1.807, 2.05) is 0 Å². The number of hydrogen-bond donors (Lipinski definition) is 2. The number of halogens is 1. The van der Waals surface area contributed by atoms with E-state index in [1.54, 1.807) is 26.0 Å². The fourth-order valence-corrected chi connectivity index (χ4v) is 1.86. The first-order chi connectivity index (χ1) is 7.58. The first-order valence-electron chi connectivity index (χ1n) is 5.32.